The van der Waals surface area contributed by atoms with Gasteiger partial charge in [0.1, 0.15) is 5.75 Å². The fourth-order valence-electron chi connectivity index (χ4n) is 4.53. The number of aliphatic hydroxyl groups is 1. The highest BCUT2D eigenvalue weighted by molar-refractivity contribution is 6.10. The molecular formula is C26H29N3O3. The number of hydrogen-bond acceptors (Lipinski definition) is 6. The van der Waals surface area contributed by atoms with Crippen molar-refractivity contribution in [2.24, 2.45) is 5.92 Å². The summed E-state index contributed by atoms with van der Waals surface area (Å²) >= 11 is 0. The number of carbonyl (C=O) groups is 1. The van der Waals surface area contributed by atoms with Crippen molar-refractivity contribution < 1.29 is 15.0 Å². The molecule has 1 aromatic heterocycles. The van der Waals surface area contributed by atoms with Crippen LogP contribution in [0.4, 0.5) is 5.69 Å². The number of pyridine rings is 1. The summed E-state index contributed by atoms with van der Waals surface area (Å²) in [6.07, 6.45) is 5.73. The van der Waals surface area contributed by atoms with Crippen molar-refractivity contribution in [1.82, 2.24) is 9.88 Å². The summed E-state index contributed by atoms with van der Waals surface area (Å²) in [5.41, 5.74) is 4.78. The van der Waals surface area contributed by atoms with Crippen molar-refractivity contribution in [3.8, 4) is 16.9 Å². The highest BCUT2D eigenvalue weighted by atomic mass is 16.3. The van der Waals surface area contributed by atoms with Crippen molar-refractivity contribution in [2.75, 3.05) is 25.5 Å². The molecule has 1 saturated heterocycles. The Hall–Kier alpha value is -2.96. The zero-order valence-corrected chi connectivity index (χ0v) is 18.3. The predicted molar refractivity (Wildman–Crippen MR) is 126 cm³/mol. The number of ketones is 1. The third-order valence-electron chi connectivity index (χ3n) is 6.73. The van der Waals surface area contributed by atoms with Crippen LogP contribution in [-0.2, 0) is 6.61 Å². The molecule has 3 N–H and O–H groups in total. The lowest BCUT2D eigenvalue weighted by molar-refractivity contribution is 0.0968. The Morgan fingerprint density at radius 1 is 1.09 bits per heavy atom. The monoisotopic (exact) mass is 431 g/mol. The molecule has 1 saturated carbocycles. The molecule has 1 aliphatic heterocycles. The number of aromatic hydroxyl groups is 1. The lowest BCUT2D eigenvalue weighted by Crippen LogP contribution is -2.37. The Bertz CT molecular complexity index is 1160. The minimum atomic E-state index is -0.224. The van der Waals surface area contributed by atoms with Gasteiger partial charge in [-0.2, -0.15) is 0 Å². The molecular weight excluding hydrogens is 402 g/mol. The molecule has 6 nitrogen and oxygen atoms in total. The third-order valence-corrected chi connectivity index (χ3v) is 6.73. The van der Waals surface area contributed by atoms with Gasteiger partial charge in [-0.15, -0.1) is 0 Å². The van der Waals surface area contributed by atoms with Gasteiger partial charge in [0.05, 0.1) is 23.4 Å². The Labute approximate surface area is 187 Å². The van der Waals surface area contributed by atoms with Crippen molar-refractivity contribution in [2.45, 2.75) is 38.3 Å². The van der Waals surface area contributed by atoms with Gasteiger partial charge in [-0.05, 0) is 81.2 Å². The first kappa shape index (κ1) is 20.9. The first-order chi connectivity index (χ1) is 15.5. The van der Waals surface area contributed by atoms with Gasteiger partial charge < -0.3 is 20.4 Å². The Morgan fingerprint density at radius 3 is 2.53 bits per heavy atom. The Morgan fingerprint density at radius 2 is 1.81 bits per heavy atom. The first-order valence-electron chi connectivity index (χ1n) is 11.4. The minimum absolute atomic E-state index is 0.0839. The smallest absolute Gasteiger partial charge is 0.169 e. The van der Waals surface area contributed by atoms with Crippen LogP contribution in [0.5, 0.6) is 5.75 Å². The van der Waals surface area contributed by atoms with Gasteiger partial charge in [-0.1, -0.05) is 12.1 Å². The Kier molecular flexibility index (Phi) is 5.57. The number of piperidine rings is 1. The van der Waals surface area contributed by atoms with Crippen LogP contribution in [0.15, 0.2) is 42.6 Å². The quantitative estimate of drug-likeness (QED) is 0.507. The van der Waals surface area contributed by atoms with Crippen LogP contribution in [0.1, 0.15) is 41.6 Å². The number of anilines is 1. The van der Waals surface area contributed by atoms with Crippen LogP contribution in [0, 0.1) is 5.92 Å². The number of benzene rings is 2. The fraction of sp³-hybridized carbons (Fsp3) is 0.385. The van der Waals surface area contributed by atoms with Gasteiger partial charge in [0.15, 0.2) is 5.78 Å². The number of aliphatic hydroxyl groups excluding tert-OH is 1. The second kappa shape index (κ2) is 8.52. The summed E-state index contributed by atoms with van der Waals surface area (Å²) in [6, 6.07) is 11.6. The molecule has 2 aromatic carbocycles. The normalized spacial score (nSPS) is 17.6. The number of fused-ring (bicyclic) bond motifs is 1. The maximum absolute atomic E-state index is 13.1. The highest BCUT2D eigenvalue weighted by Gasteiger charge is 2.33. The van der Waals surface area contributed by atoms with Crippen LogP contribution in [0.2, 0.25) is 0 Å². The second-order valence-electron chi connectivity index (χ2n) is 9.14. The topological polar surface area (TPSA) is 85.7 Å². The van der Waals surface area contributed by atoms with Crippen LogP contribution in [-0.4, -0.2) is 52.1 Å². The molecule has 2 fully saturated rings. The zero-order chi connectivity index (χ0) is 22.2. The third kappa shape index (κ3) is 4.08. The minimum Gasteiger partial charge on any atom is -0.508 e. The molecule has 0 unspecified atom stereocenters. The lowest BCUT2D eigenvalue weighted by atomic mass is 9.97. The van der Waals surface area contributed by atoms with E-state index in [2.05, 4.69) is 28.3 Å². The second-order valence-corrected chi connectivity index (χ2v) is 9.14. The molecule has 0 radical (unpaired) electrons. The summed E-state index contributed by atoms with van der Waals surface area (Å²) < 4.78 is 0. The van der Waals surface area contributed by atoms with E-state index in [1.54, 1.807) is 18.3 Å². The summed E-state index contributed by atoms with van der Waals surface area (Å²) in [5, 5.41) is 24.1. The number of hydrogen-bond donors (Lipinski definition) is 3. The van der Waals surface area contributed by atoms with Crippen molar-refractivity contribution in [1.29, 1.82) is 0 Å². The van der Waals surface area contributed by atoms with Crippen molar-refractivity contribution >= 4 is 22.4 Å². The van der Waals surface area contributed by atoms with Crippen LogP contribution < -0.4 is 5.32 Å². The standard InChI is InChI=1S/C26H29N3O3/c1-29-10-8-20(9-11-29)28-25-21-13-18(17-5-7-24(31)19(12-17)15-30)4-6-23(21)27-14-22(25)26(32)16-2-3-16/h4-7,12-14,16,20,30-31H,2-3,8-11,15H2,1H3,(H,27,28). The molecule has 5 rings (SSSR count). The molecule has 0 spiro atoms. The predicted octanol–water partition coefficient (Wildman–Crippen LogP) is 4.20. The number of carbonyl (C=O) groups excluding carboxylic acids is 1. The number of nitrogens with one attached hydrogen (secondary N) is 1. The number of likely N-dealkylation sites (tertiary alicyclic amines) is 1. The molecule has 0 amide bonds. The maximum atomic E-state index is 13.1. The van der Waals surface area contributed by atoms with E-state index in [1.807, 2.05) is 18.2 Å². The van der Waals surface area contributed by atoms with Crippen LogP contribution in [0.3, 0.4) is 0 Å². The molecule has 2 aliphatic rings. The molecule has 6 heteroatoms. The summed E-state index contributed by atoms with van der Waals surface area (Å²) in [6.45, 7) is 1.85. The van der Waals surface area contributed by atoms with E-state index in [0.717, 1.165) is 66.5 Å². The number of phenols is 1. The van der Waals surface area contributed by atoms with E-state index in [0.29, 0.717) is 17.2 Å². The van der Waals surface area contributed by atoms with Gasteiger partial charge in [0.2, 0.25) is 0 Å². The SMILES string of the molecule is CN1CCC(Nc2c(C(=O)C3CC3)cnc3ccc(-c4ccc(O)c(CO)c4)cc23)CC1. The summed E-state index contributed by atoms with van der Waals surface area (Å²) in [5.74, 6) is 0.396. The molecule has 0 atom stereocenters. The van der Waals surface area contributed by atoms with E-state index >= 15 is 0 Å². The molecule has 0 bridgehead atoms. The van der Waals surface area contributed by atoms with E-state index in [1.165, 1.54) is 0 Å². The summed E-state index contributed by atoms with van der Waals surface area (Å²) in [4.78, 5) is 20.0. The van der Waals surface area contributed by atoms with Gasteiger partial charge in [-0.25, -0.2) is 0 Å². The lowest BCUT2D eigenvalue weighted by Gasteiger charge is -2.31. The molecule has 166 valence electrons. The summed E-state index contributed by atoms with van der Waals surface area (Å²) in [7, 11) is 2.14. The van der Waals surface area contributed by atoms with E-state index in [9.17, 15) is 15.0 Å². The van der Waals surface area contributed by atoms with Crippen LogP contribution in [0.25, 0.3) is 22.0 Å². The largest absolute Gasteiger partial charge is 0.508 e. The van der Waals surface area contributed by atoms with E-state index in [-0.39, 0.29) is 24.1 Å². The molecule has 1 aliphatic carbocycles. The van der Waals surface area contributed by atoms with Gasteiger partial charge in [-0.3, -0.25) is 9.78 Å². The van der Waals surface area contributed by atoms with E-state index < -0.39 is 0 Å². The highest BCUT2D eigenvalue weighted by Crippen LogP contribution is 2.38. The van der Waals surface area contributed by atoms with Crippen molar-refractivity contribution in [3.05, 3.63) is 53.7 Å². The fourth-order valence-corrected chi connectivity index (χ4v) is 4.53. The number of rotatable bonds is 6. The molecule has 2 heterocycles. The van der Waals surface area contributed by atoms with Crippen LogP contribution >= 0.6 is 0 Å². The number of nitrogens with zero attached hydrogens (tertiary/aromatic N) is 2. The zero-order valence-electron chi connectivity index (χ0n) is 18.3. The van der Waals surface area contributed by atoms with Gasteiger partial charge in [0, 0.05) is 29.1 Å². The average Bonchev–Trinajstić information content (AvgIpc) is 3.66. The first-order valence-corrected chi connectivity index (χ1v) is 11.4. The number of Topliss-reactive ketones (excluding diaryl/α,β-unsaturated/α-hetero) is 1. The average molecular weight is 432 g/mol. The van der Waals surface area contributed by atoms with Gasteiger partial charge >= 0.3 is 0 Å². The maximum Gasteiger partial charge on any atom is 0.169 e. The van der Waals surface area contributed by atoms with Gasteiger partial charge in [0.25, 0.3) is 0 Å². The molecule has 32 heavy (non-hydrogen) atoms. The number of aromatic nitrogens is 1. The van der Waals surface area contributed by atoms with E-state index in [4.69, 9.17) is 0 Å². The Balaban J connectivity index is 1.60. The molecule has 3 aromatic rings. The van der Waals surface area contributed by atoms with Crippen molar-refractivity contribution in [3.63, 3.8) is 0 Å².